The maximum absolute atomic E-state index is 13.1. The first kappa shape index (κ1) is 21.5. The summed E-state index contributed by atoms with van der Waals surface area (Å²) in [4.78, 5) is 12.4. The van der Waals surface area contributed by atoms with E-state index in [0.29, 0.717) is 11.5 Å². The van der Waals surface area contributed by atoms with Gasteiger partial charge in [0, 0.05) is 6.07 Å². The predicted molar refractivity (Wildman–Crippen MR) is 105 cm³/mol. The Morgan fingerprint density at radius 1 is 1.18 bits per heavy atom. The summed E-state index contributed by atoms with van der Waals surface area (Å²) >= 11 is 0. The minimum atomic E-state index is -3.75. The summed E-state index contributed by atoms with van der Waals surface area (Å²) in [6.07, 6.45) is 0.992. The van der Waals surface area contributed by atoms with Crippen LogP contribution >= 0.6 is 0 Å². The Balaban J connectivity index is 1.96. The van der Waals surface area contributed by atoms with Crippen LogP contribution in [0.4, 0.5) is 10.1 Å². The lowest BCUT2D eigenvalue weighted by Crippen LogP contribution is -2.48. The summed E-state index contributed by atoms with van der Waals surface area (Å²) < 4.78 is 49.0. The molecular formula is C19H23FN2O5S. The number of anilines is 1. The molecule has 28 heavy (non-hydrogen) atoms. The Bertz CT molecular complexity index is 903. The Labute approximate surface area is 164 Å². The normalized spacial score (nSPS) is 12.1. The highest BCUT2D eigenvalue weighted by molar-refractivity contribution is 7.92. The molecule has 2 aromatic rings. The van der Waals surface area contributed by atoms with E-state index in [0.717, 1.165) is 22.7 Å². The van der Waals surface area contributed by atoms with Crippen molar-refractivity contribution < 1.29 is 27.1 Å². The van der Waals surface area contributed by atoms with E-state index >= 15 is 0 Å². The molecule has 0 spiro atoms. The quantitative estimate of drug-likeness (QED) is 0.641. The molecule has 152 valence electrons. The first-order valence-corrected chi connectivity index (χ1v) is 10.4. The molecule has 0 aliphatic carbocycles. The molecule has 0 fully saturated rings. The van der Waals surface area contributed by atoms with Crippen molar-refractivity contribution in [2.75, 3.05) is 30.8 Å². The third-order valence-electron chi connectivity index (χ3n) is 3.88. The number of hydrogen-bond donors (Lipinski definition) is 1. The molecule has 9 heteroatoms. The highest BCUT2D eigenvalue weighted by Gasteiger charge is 2.28. The first-order valence-electron chi connectivity index (χ1n) is 8.52. The van der Waals surface area contributed by atoms with Gasteiger partial charge in [-0.2, -0.15) is 0 Å². The van der Waals surface area contributed by atoms with Crippen LogP contribution in [0.3, 0.4) is 0 Å². The number of amides is 1. The average molecular weight is 410 g/mol. The fourth-order valence-corrected chi connectivity index (χ4v) is 3.75. The van der Waals surface area contributed by atoms with Crippen LogP contribution in [0.2, 0.25) is 0 Å². The lowest BCUT2D eigenvalue weighted by Gasteiger charge is -2.28. The van der Waals surface area contributed by atoms with Gasteiger partial charge < -0.3 is 14.8 Å². The van der Waals surface area contributed by atoms with Crippen LogP contribution in [-0.2, 0) is 14.8 Å². The highest BCUT2D eigenvalue weighted by atomic mass is 32.2. The Morgan fingerprint density at radius 2 is 1.82 bits per heavy atom. The van der Waals surface area contributed by atoms with Crippen LogP contribution in [-0.4, -0.2) is 46.9 Å². The van der Waals surface area contributed by atoms with E-state index in [-0.39, 0.29) is 18.8 Å². The third kappa shape index (κ3) is 5.85. The minimum Gasteiger partial charge on any atom is -0.497 e. The lowest BCUT2D eigenvalue weighted by molar-refractivity contribution is -0.121. The number of benzene rings is 2. The van der Waals surface area contributed by atoms with E-state index in [9.17, 15) is 17.6 Å². The number of methoxy groups -OCH3 is 1. The van der Waals surface area contributed by atoms with Gasteiger partial charge in [0.1, 0.15) is 30.0 Å². The predicted octanol–water partition coefficient (Wildman–Crippen LogP) is 2.18. The smallest absolute Gasteiger partial charge is 0.243 e. The molecule has 1 N–H and O–H groups in total. The Morgan fingerprint density at radius 3 is 2.43 bits per heavy atom. The van der Waals surface area contributed by atoms with Crippen molar-refractivity contribution in [2.24, 2.45) is 0 Å². The first-order chi connectivity index (χ1) is 13.2. The molecule has 1 amide bonds. The van der Waals surface area contributed by atoms with Gasteiger partial charge in [0.2, 0.25) is 15.9 Å². The molecular weight excluding hydrogens is 387 g/mol. The summed E-state index contributed by atoms with van der Waals surface area (Å²) in [5, 5.41) is 2.64. The van der Waals surface area contributed by atoms with Crippen molar-refractivity contribution in [2.45, 2.75) is 13.0 Å². The van der Waals surface area contributed by atoms with Gasteiger partial charge in [-0.3, -0.25) is 9.10 Å². The van der Waals surface area contributed by atoms with Gasteiger partial charge in [-0.05, 0) is 43.3 Å². The lowest BCUT2D eigenvalue weighted by atomic mass is 10.2. The highest BCUT2D eigenvalue weighted by Crippen LogP contribution is 2.21. The van der Waals surface area contributed by atoms with Gasteiger partial charge in [0.15, 0.2) is 0 Å². The maximum Gasteiger partial charge on any atom is 0.243 e. The Hall–Kier alpha value is -2.81. The van der Waals surface area contributed by atoms with Gasteiger partial charge in [-0.25, -0.2) is 12.8 Å². The van der Waals surface area contributed by atoms with E-state index in [1.807, 2.05) is 0 Å². The summed E-state index contributed by atoms with van der Waals surface area (Å²) in [5.41, 5.74) is 0.208. The Kier molecular flexibility index (Phi) is 7.22. The van der Waals surface area contributed by atoms with Gasteiger partial charge in [-0.1, -0.05) is 6.07 Å². The molecule has 1 atom stereocenters. The fraction of sp³-hybridized carbons (Fsp3) is 0.316. The van der Waals surface area contributed by atoms with Crippen molar-refractivity contribution in [1.82, 2.24) is 5.32 Å². The van der Waals surface area contributed by atoms with E-state index in [4.69, 9.17) is 9.47 Å². The average Bonchev–Trinajstić information content (AvgIpc) is 2.65. The van der Waals surface area contributed by atoms with Gasteiger partial charge in [0.25, 0.3) is 0 Å². The number of ether oxygens (including phenoxy) is 2. The monoisotopic (exact) mass is 410 g/mol. The van der Waals surface area contributed by atoms with Crippen LogP contribution in [0.25, 0.3) is 0 Å². The topological polar surface area (TPSA) is 84.9 Å². The molecule has 0 bridgehead atoms. The second-order valence-corrected chi connectivity index (χ2v) is 7.89. The number of halogens is 1. The molecule has 0 saturated carbocycles. The number of sulfonamides is 1. The largest absolute Gasteiger partial charge is 0.497 e. The summed E-state index contributed by atoms with van der Waals surface area (Å²) in [6.45, 7) is 1.84. The summed E-state index contributed by atoms with van der Waals surface area (Å²) in [7, 11) is -2.20. The SMILES string of the molecule is COc1cccc(OCCNC(=O)[C@H](C)N(c2ccc(F)cc2)S(C)(=O)=O)c1. The van der Waals surface area contributed by atoms with Crippen LogP contribution in [0, 0.1) is 5.82 Å². The molecule has 0 aliphatic rings. The maximum atomic E-state index is 13.1. The van der Waals surface area contributed by atoms with Gasteiger partial charge in [-0.15, -0.1) is 0 Å². The molecule has 2 rings (SSSR count). The van der Waals surface area contributed by atoms with Crippen molar-refractivity contribution in [3.63, 3.8) is 0 Å². The van der Waals surface area contributed by atoms with E-state index in [1.165, 1.54) is 19.1 Å². The molecule has 0 radical (unpaired) electrons. The van der Waals surface area contributed by atoms with Crippen LogP contribution in [0.5, 0.6) is 11.5 Å². The molecule has 0 unspecified atom stereocenters. The van der Waals surface area contributed by atoms with Crippen molar-refractivity contribution in [1.29, 1.82) is 0 Å². The van der Waals surface area contributed by atoms with Crippen LogP contribution < -0.4 is 19.1 Å². The van der Waals surface area contributed by atoms with Crippen molar-refractivity contribution in [3.05, 3.63) is 54.3 Å². The number of carbonyl (C=O) groups excluding carboxylic acids is 1. The second kappa shape index (κ2) is 9.41. The molecule has 0 saturated heterocycles. The van der Waals surface area contributed by atoms with Crippen molar-refractivity contribution >= 4 is 21.6 Å². The molecule has 7 nitrogen and oxygen atoms in total. The van der Waals surface area contributed by atoms with Crippen LogP contribution in [0.15, 0.2) is 48.5 Å². The zero-order valence-corrected chi connectivity index (χ0v) is 16.7. The van der Waals surface area contributed by atoms with Gasteiger partial charge in [0.05, 0.1) is 25.6 Å². The standard InChI is InChI=1S/C19H23FN2O5S/c1-14(22(28(3,24)25)16-9-7-15(20)8-10-16)19(23)21-11-12-27-18-6-4-5-17(13-18)26-2/h4-10,13-14H,11-12H2,1-3H3,(H,21,23)/t14-/m0/s1. The van der Waals surface area contributed by atoms with Gasteiger partial charge >= 0.3 is 0 Å². The molecule has 0 aliphatic heterocycles. The number of nitrogens with one attached hydrogen (secondary N) is 1. The molecule has 2 aromatic carbocycles. The zero-order chi connectivity index (χ0) is 20.7. The number of rotatable bonds is 9. The van der Waals surface area contributed by atoms with E-state index in [1.54, 1.807) is 31.4 Å². The zero-order valence-electron chi connectivity index (χ0n) is 15.9. The molecule has 0 heterocycles. The summed E-state index contributed by atoms with van der Waals surface area (Å²) in [5.74, 6) is 0.247. The minimum absolute atomic E-state index is 0.182. The number of hydrogen-bond acceptors (Lipinski definition) is 5. The van der Waals surface area contributed by atoms with Crippen molar-refractivity contribution in [3.8, 4) is 11.5 Å². The number of nitrogens with zero attached hydrogens (tertiary/aromatic N) is 1. The third-order valence-corrected chi connectivity index (χ3v) is 5.12. The fourth-order valence-electron chi connectivity index (χ4n) is 2.58. The second-order valence-electron chi connectivity index (χ2n) is 6.03. The summed E-state index contributed by atoms with van der Waals surface area (Å²) in [6, 6.07) is 10.9. The van der Waals surface area contributed by atoms with Crippen LogP contribution in [0.1, 0.15) is 6.92 Å². The van der Waals surface area contributed by atoms with E-state index < -0.39 is 27.8 Å². The number of carbonyl (C=O) groups is 1. The van der Waals surface area contributed by atoms with E-state index in [2.05, 4.69) is 5.32 Å². The molecule has 0 aromatic heterocycles.